The first-order valence-corrected chi connectivity index (χ1v) is 5.95. The molecule has 1 rings (SSSR count). The zero-order valence-corrected chi connectivity index (χ0v) is 11.0. The SMILES string of the molecule is CCc1cc(Cl)cc(CC(C)C(=O)O)c1OC. The Bertz CT molecular complexity index is 415. The van der Waals surface area contributed by atoms with Crippen LogP contribution in [0.25, 0.3) is 0 Å². The highest BCUT2D eigenvalue weighted by Gasteiger charge is 2.17. The minimum absolute atomic E-state index is 0.423. The molecule has 0 aliphatic heterocycles. The number of aliphatic carboxylic acids is 1. The molecule has 0 amide bonds. The Kier molecular flexibility index (Phi) is 4.82. The maximum Gasteiger partial charge on any atom is 0.306 e. The number of carbonyl (C=O) groups is 1. The molecule has 17 heavy (non-hydrogen) atoms. The number of hydrogen-bond donors (Lipinski definition) is 1. The van der Waals surface area contributed by atoms with E-state index in [2.05, 4.69) is 0 Å². The van der Waals surface area contributed by atoms with E-state index in [4.69, 9.17) is 21.4 Å². The number of ether oxygens (including phenoxy) is 1. The number of rotatable bonds is 5. The van der Waals surface area contributed by atoms with Crippen molar-refractivity contribution in [3.8, 4) is 5.75 Å². The summed E-state index contributed by atoms with van der Waals surface area (Å²) >= 11 is 6.02. The van der Waals surface area contributed by atoms with Crippen LogP contribution >= 0.6 is 11.6 Å². The molecule has 0 saturated heterocycles. The summed E-state index contributed by atoms with van der Waals surface area (Å²) in [5.74, 6) is -0.512. The molecule has 1 aromatic carbocycles. The van der Waals surface area contributed by atoms with Gasteiger partial charge in [-0.3, -0.25) is 4.79 Å². The fraction of sp³-hybridized carbons (Fsp3) is 0.462. The van der Waals surface area contributed by atoms with Crippen LogP contribution in [0.5, 0.6) is 5.75 Å². The summed E-state index contributed by atoms with van der Waals surface area (Å²) in [6, 6.07) is 3.63. The molecule has 0 radical (unpaired) electrons. The van der Waals surface area contributed by atoms with Crippen molar-refractivity contribution < 1.29 is 14.6 Å². The third-order valence-corrected chi connectivity index (χ3v) is 2.96. The normalized spacial score (nSPS) is 12.2. The Labute approximate surface area is 106 Å². The van der Waals surface area contributed by atoms with Crippen LogP contribution in [-0.4, -0.2) is 18.2 Å². The average molecular weight is 257 g/mol. The average Bonchev–Trinajstić information content (AvgIpc) is 2.27. The van der Waals surface area contributed by atoms with Crippen molar-refractivity contribution in [3.63, 3.8) is 0 Å². The predicted molar refractivity (Wildman–Crippen MR) is 67.9 cm³/mol. The van der Waals surface area contributed by atoms with E-state index in [0.29, 0.717) is 11.4 Å². The standard InChI is InChI=1S/C13H17ClO3/c1-4-9-6-11(14)7-10(12(9)17-3)5-8(2)13(15)16/h6-8H,4-5H2,1-3H3,(H,15,16). The number of benzene rings is 1. The Hall–Kier alpha value is -1.22. The summed E-state index contributed by atoms with van der Waals surface area (Å²) in [6.45, 7) is 3.69. The molecule has 1 N–H and O–H groups in total. The van der Waals surface area contributed by atoms with Gasteiger partial charge in [-0.15, -0.1) is 0 Å². The molecule has 0 heterocycles. The molecule has 1 aromatic rings. The predicted octanol–water partition coefficient (Wildman–Crippen LogP) is 3.17. The molecule has 0 aliphatic rings. The zero-order chi connectivity index (χ0) is 13.0. The molecule has 4 heteroatoms. The molecule has 1 unspecified atom stereocenters. The van der Waals surface area contributed by atoms with Crippen LogP contribution in [0.2, 0.25) is 5.02 Å². The smallest absolute Gasteiger partial charge is 0.306 e. The summed E-state index contributed by atoms with van der Waals surface area (Å²) in [4.78, 5) is 10.9. The fourth-order valence-electron chi connectivity index (χ4n) is 1.81. The first-order chi connectivity index (χ1) is 7.99. The third-order valence-electron chi connectivity index (χ3n) is 2.74. The van der Waals surface area contributed by atoms with Gasteiger partial charge in [-0.05, 0) is 36.1 Å². The lowest BCUT2D eigenvalue weighted by atomic mass is 9.97. The Balaban J connectivity index is 3.12. The van der Waals surface area contributed by atoms with Gasteiger partial charge in [0.15, 0.2) is 0 Å². The molecule has 0 aromatic heterocycles. The van der Waals surface area contributed by atoms with Crippen LogP contribution in [0.15, 0.2) is 12.1 Å². The van der Waals surface area contributed by atoms with Crippen molar-refractivity contribution >= 4 is 17.6 Å². The van der Waals surface area contributed by atoms with Crippen LogP contribution in [0.1, 0.15) is 25.0 Å². The van der Waals surface area contributed by atoms with Crippen LogP contribution < -0.4 is 4.74 Å². The molecule has 0 bridgehead atoms. The van der Waals surface area contributed by atoms with Gasteiger partial charge in [0.2, 0.25) is 0 Å². The Morgan fingerprint density at radius 1 is 1.47 bits per heavy atom. The summed E-state index contributed by atoms with van der Waals surface area (Å²) < 4.78 is 5.35. The second kappa shape index (κ2) is 5.92. The fourth-order valence-corrected chi connectivity index (χ4v) is 2.07. The topological polar surface area (TPSA) is 46.5 Å². The van der Waals surface area contributed by atoms with E-state index in [9.17, 15) is 4.79 Å². The van der Waals surface area contributed by atoms with E-state index in [0.717, 1.165) is 23.3 Å². The van der Waals surface area contributed by atoms with Gasteiger partial charge >= 0.3 is 5.97 Å². The highest BCUT2D eigenvalue weighted by atomic mass is 35.5. The number of methoxy groups -OCH3 is 1. The maximum absolute atomic E-state index is 10.9. The lowest BCUT2D eigenvalue weighted by Crippen LogP contribution is -2.13. The molecule has 0 fully saturated rings. The number of hydrogen-bond acceptors (Lipinski definition) is 2. The summed E-state index contributed by atoms with van der Waals surface area (Å²) in [6.07, 6.45) is 1.23. The number of halogens is 1. The van der Waals surface area contributed by atoms with Gasteiger partial charge in [0.05, 0.1) is 13.0 Å². The van der Waals surface area contributed by atoms with Gasteiger partial charge in [0, 0.05) is 5.02 Å². The van der Waals surface area contributed by atoms with E-state index in [-0.39, 0.29) is 0 Å². The molecule has 0 aliphatic carbocycles. The van der Waals surface area contributed by atoms with E-state index in [1.165, 1.54) is 0 Å². The first-order valence-electron chi connectivity index (χ1n) is 5.57. The van der Waals surface area contributed by atoms with Crippen LogP contribution in [0.4, 0.5) is 0 Å². The van der Waals surface area contributed by atoms with E-state index < -0.39 is 11.9 Å². The van der Waals surface area contributed by atoms with Crippen molar-refractivity contribution in [2.45, 2.75) is 26.7 Å². The van der Waals surface area contributed by atoms with Crippen LogP contribution in [0, 0.1) is 5.92 Å². The summed E-state index contributed by atoms with van der Waals surface area (Å²) in [5.41, 5.74) is 1.86. The lowest BCUT2D eigenvalue weighted by molar-refractivity contribution is -0.141. The quantitative estimate of drug-likeness (QED) is 0.880. The van der Waals surface area contributed by atoms with Crippen LogP contribution in [-0.2, 0) is 17.6 Å². The highest BCUT2D eigenvalue weighted by molar-refractivity contribution is 6.30. The largest absolute Gasteiger partial charge is 0.496 e. The monoisotopic (exact) mass is 256 g/mol. The number of aryl methyl sites for hydroxylation is 1. The van der Waals surface area contributed by atoms with Crippen molar-refractivity contribution in [2.24, 2.45) is 5.92 Å². The van der Waals surface area contributed by atoms with Gasteiger partial charge in [-0.1, -0.05) is 25.4 Å². The summed E-state index contributed by atoms with van der Waals surface area (Å²) in [5, 5.41) is 9.55. The molecule has 3 nitrogen and oxygen atoms in total. The molecule has 0 spiro atoms. The van der Waals surface area contributed by atoms with Crippen molar-refractivity contribution in [1.82, 2.24) is 0 Å². The molecule has 94 valence electrons. The first kappa shape index (κ1) is 13.8. The molecular formula is C13H17ClO3. The van der Waals surface area contributed by atoms with Crippen molar-refractivity contribution in [1.29, 1.82) is 0 Å². The number of carboxylic acid groups (broad SMARTS) is 1. The zero-order valence-electron chi connectivity index (χ0n) is 10.3. The van der Waals surface area contributed by atoms with Gasteiger partial charge in [0.1, 0.15) is 5.75 Å². The van der Waals surface area contributed by atoms with Gasteiger partial charge in [-0.25, -0.2) is 0 Å². The van der Waals surface area contributed by atoms with Gasteiger partial charge in [-0.2, -0.15) is 0 Å². The Morgan fingerprint density at radius 3 is 2.53 bits per heavy atom. The van der Waals surface area contributed by atoms with Gasteiger partial charge in [0.25, 0.3) is 0 Å². The highest BCUT2D eigenvalue weighted by Crippen LogP contribution is 2.30. The van der Waals surface area contributed by atoms with Crippen LogP contribution in [0.3, 0.4) is 0 Å². The van der Waals surface area contributed by atoms with E-state index in [1.54, 1.807) is 20.1 Å². The minimum atomic E-state index is -0.815. The minimum Gasteiger partial charge on any atom is -0.496 e. The van der Waals surface area contributed by atoms with Crippen molar-refractivity contribution in [3.05, 3.63) is 28.3 Å². The van der Waals surface area contributed by atoms with E-state index in [1.807, 2.05) is 13.0 Å². The summed E-state index contributed by atoms with van der Waals surface area (Å²) in [7, 11) is 1.59. The number of carboxylic acids is 1. The molecule has 1 atom stereocenters. The lowest BCUT2D eigenvalue weighted by Gasteiger charge is -2.15. The maximum atomic E-state index is 10.9. The second-order valence-corrected chi connectivity index (χ2v) is 4.49. The molecular weight excluding hydrogens is 240 g/mol. The van der Waals surface area contributed by atoms with Crippen molar-refractivity contribution in [2.75, 3.05) is 7.11 Å². The third kappa shape index (κ3) is 3.37. The second-order valence-electron chi connectivity index (χ2n) is 4.05. The van der Waals surface area contributed by atoms with E-state index >= 15 is 0 Å². The molecule has 0 saturated carbocycles. The Morgan fingerprint density at radius 2 is 2.06 bits per heavy atom. The van der Waals surface area contributed by atoms with Gasteiger partial charge < -0.3 is 9.84 Å².